The molecule has 1 N–H and O–H groups in total. The molecule has 1 unspecified atom stereocenters. The lowest BCUT2D eigenvalue weighted by Crippen LogP contribution is -2.29. The molecule has 0 bridgehead atoms. The third kappa shape index (κ3) is 4.00. The Morgan fingerprint density at radius 2 is 1.85 bits per heavy atom. The molecule has 0 spiro atoms. The Bertz CT molecular complexity index is 1260. The number of halogens is 2. The lowest BCUT2D eigenvalue weighted by Gasteiger charge is -2.23. The monoisotopic (exact) mass is 453 g/mol. The summed E-state index contributed by atoms with van der Waals surface area (Å²) in [5.41, 5.74) is 0.741. The molecule has 8 heteroatoms. The Morgan fingerprint density at radius 1 is 1.09 bits per heavy atom. The standard InChI is InChI=1S/C25H21F2NO5/c1-13(2)33-19-9-6-15(11-14(19)3)23(29)21-22(20-5-4-10-32-20)28(25(31)24(21)30)16-7-8-17(26)18(27)12-16/h4-13,22,29H,1-3H3/b23-21-. The smallest absolute Gasteiger partial charge is 0.300 e. The van der Waals surface area contributed by atoms with Gasteiger partial charge < -0.3 is 14.3 Å². The number of anilines is 1. The zero-order chi connectivity index (χ0) is 23.9. The van der Waals surface area contributed by atoms with Crippen molar-refractivity contribution in [3.05, 3.63) is 88.9 Å². The van der Waals surface area contributed by atoms with Crippen molar-refractivity contribution in [3.63, 3.8) is 0 Å². The first-order valence-electron chi connectivity index (χ1n) is 10.3. The zero-order valence-electron chi connectivity index (χ0n) is 18.1. The van der Waals surface area contributed by atoms with E-state index in [1.54, 1.807) is 31.2 Å². The molecule has 2 aromatic carbocycles. The third-order valence-corrected chi connectivity index (χ3v) is 5.25. The van der Waals surface area contributed by atoms with E-state index in [4.69, 9.17) is 9.15 Å². The van der Waals surface area contributed by atoms with Gasteiger partial charge in [0.05, 0.1) is 17.9 Å². The first-order chi connectivity index (χ1) is 15.7. The van der Waals surface area contributed by atoms with E-state index >= 15 is 0 Å². The lowest BCUT2D eigenvalue weighted by atomic mass is 9.98. The highest BCUT2D eigenvalue weighted by molar-refractivity contribution is 6.51. The number of carbonyl (C=O) groups excluding carboxylic acids is 2. The predicted molar refractivity (Wildman–Crippen MR) is 117 cm³/mol. The van der Waals surface area contributed by atoms with Crippen LogP contribution in [0.2, 0.25) is 0 Å². The largest absolute Gasteiger partial charge is 0.507 e. The molecule has 6 nitrogen and oxygen atoms in total. The van der Waals surface area contributed by atoms with E-state index in [9.17, 15) is 23.5 Å². The number of Topliss-reactive ketones (excluding diaryl/α,β-unsaturated/α-hetero) is 1. The fraction of sp³-hybridized carbons (Fsp3) is 0.200. The fourth-order valence-electron chi connectivity index (χ4n) is 3.79. The third-order valence-electron chi connectivity index (χ3n) is 5.25. The molecule has 0 radical (unpaired) electrons. The second kappa shape index (κ2) is 8.54. The molecular weight excluding hydrogens is 432 g/mol. The second-order valence-electron chi connectivity index (χ2n) is 7.93. The van der Waals surface area contributed by atoms with Crippen molar-refractivity contribution in [2.75, 3.05) is 4.90 Å². The fourth-order valence-corrected chi connectivity index (χ4v) is 3.79. The van der Waals surface area contributed by atoms with Crippen molar-refractivity contribution in [3.8, 4) is 5.75 Å². The van der Waals surface area contributed by atoms with Crippen molar-refractivity contribution in [2.45, 2.75) is 32.9 Å². The van der Waals surface area contributed by atoms with Crippen molar-refractivity contribution >= 4 is 23.1 Å². The van der Waals surface area contributed by atoms with Crippen LogP contribution in [0.5, 0.6) is 5.75 Å². The molecule has 1 atom stereocenters. The van der Waals surface area contributed by atoms with Gasteiger partial charge in [-0.05, 0) is 68.8 Å². The van der Waals surface area contributed by atoms with Crippen LogP contribution in [0.4, 0.5) is 14.5 Å². The van der Waals surface area contributed by atoms with E-state index < -0.39 is 35.1 Å². The van der Waals surface area contributed by atoms with Crippen LogP contribution < -0.4 is 9.64 Å². The van der Waals surface area contributed by atoms with E-state index in [-0.39, 0.29) is 23.1 Å². The molecule has 1 aliphatic heterocycles. The summed E-state index contributed by atoms with van der Waals surface area (Å²) >= 11 is 0. The number of carbonyl (C=O) groups is 2. The molecule has 4 rings (SSSR count). The van der Waals surface area contributed by atoms with Crippen LogP contribution in [-0.2, 0) is 9.59 Å². The normalized spacial score (nSPS) is 17.8. The SMILES string of the molecule is Cc1cc(/C(O)=C2/C(=O)C(=O)N(c3ccc(F)c(F)c3)C2c2ccco2)ccc1OC(C)C. The molecule has 1 aliphatic rings. The van der Waals surface area contributed by atoms with Crippen LogP contribution in [0.15, 0.2) is 64.8 Å². The number of hydrogen-bond acceptors (Lipinski definition) is 5. The Balaban J connectivity index is 1.86. The second-order valence-corrected chi connectivity index (χ2v) is 7.93. The van der Waals surface area contributed by atoms with Gasteiger partial charge in [0.15, 0.2) is 11.6 Å². The lowest BCUT2D eigenvalue weighted by molar-refractivity contribution is -0.132. The number of nitrogens with zero attached hydrogens (tertiary/aromatic N) is 1. The molecular formula is C25H21F2NO5. The first kappa shape index (κ1) is 22.3. The van der Waals surface area contributed by atoms with Gasteiger partial charge in [0.25, 0.3) is 11.7 Å². The Morgan fingerprint density at radius 3 is 2.45 bits per heavy atom. The van der Waals surface area contributed by atoms with Gasteiger partial charge in [-0.3, -0.25) is 14.5 Å². The molecule has 0 saturated carbocycles. The topological polar surface area (TPSA) is 80.0 Å². The summed E-state index contributed by atoms with van der Waals surface area (Å²) < 4.78 is 38.6. The van der Waals surface area contributed by atoms with Gasteiger partial charge in [0, 0.05) is 17.3 Å². The number of hydrogen-bond donors (Lipinski definition) is 1. The maximum Gasteiger partial charge on any atom is 0.300 e. The number of amides is 1. The van der Waals surface area contributed by atoms with Crippen LogP contribution in [0.25, 0.3) is 5.76 Å². The van der Waals surface area contributed by atoms with Crippen molar-refractivity contribution in [1.82, 2.24) is 0 Å². The van der Waals surface area contributed by atoms with E-state index in [1.165, 1.54) is 18.4 Å². The van der Waals surface area contributed by atoms with Crippen molar-refractivity contribution < 1.29 is 32.6 Å². The van der Waals surface area contributed by atoms with Crippen LogP contribution in [0.3, 0.4) is 0 Å². The van der Waals surface area contributed by atoms with Gasteiger partial charge >= 0.3 is 0 Å². The Labute approximate surface area is 188 Å². The molecule has 33 heavy (non-hydrogen) atoms. The quantitative estimate of drug-likeness (QED) is 0.323. The number of furan rings is 1. The minimum absolute atomic E-state index is 0.0479. The van der Waals surface area contributed by atoms with Gasteiger partial charge in [-0.2, -0.15) is 0 Å². The number of benzene rings is 2. The Hall–Kier alpha value is -3.94. The van der Waals surface area contributed by atoms with Crippen molar-refractivity contribution in [2.24, 2.45) is 0 Å². The summed E-state index contributed by atoms with van der Waals surface area (Å²) in [7, 11) is 0. The summed E-state index contributed by atoms with van der Waals surface area (Å²) in [6.45, 7) is 5.56. The molecule has 1 amide bonds. The average Bonchev–Trinajstić information content (AvgIpc) is 3.38. The molecule has 1 aromatic heterocycles. The van der Waals surface area contributed by atoms with E-state index in [0.717, 1.165) is 22.6 Å². The van der Waals surface area contributed by atoms with Gasteiger partial charge in [-0.25, -0.2) is 8.78 Å². The molecule has 3 aromatic rings. The maximum absolute atomic E-state index is 13.9. The highest BCUT2D eigenvalue weighted by atomic mass is 19.2. The van der Waals surface area contributed by atoms with Gasteiger partial charge in [0.1, 0.15) is 23.3 Å². The minimum atomic E-state index is -1.18. The summed E-state index contributed by atoms with van der Waals surface area (Å²) in [6, 6.07) is 9.65. The van der Waals surface area contributed by atoms with Crippen molar-refractivity contribution in [1.29, 1.82) is 0 Å². The molecule has 1 fully saturated rings. The van der Waals surface area contributed by atoms with Crippen LogP contribution in [-0.4, -0.2) is 22.9 Å². The highest BCUT2D eigenvalue weighted by Crippen LogP contribution is 2.42. The van der Waals surface area contributed by atoms with Crippen LogP contribution in [0.1, 0.15) is 36.8 Å². The zero-order valence-corrected chi connectivity index (χ0v) is 18.1. The number of rotatable bonds is 5. The van der Waals surface area contributed by atoms with E-state index in [0.29, 0.717) is 11.3 Å². The van der Waals surface area contributed by atoms with Gasteiger partial charge in [0.2, 0.25) is 0 Å². The maximum atomic E-state index is 13.9. The average molecular weight is 453 g/mol. The summed E-state index contributed by atoms with van der Waals surface area (Å²) in [6.07, 6.45) is 1.30. The molecule has 170 valence electrons. The minimum Gasteiger partial charge on any atom is -0.507 e. The summed E-state index contributed by atoms with van der Waals surface area (Å²) in [4.78, 5) is 26.9. The number of aryl methyl sites for hydroxylation is 1. The predicted octanol–water partition coefficient (Wildman–Crippen LogP) is 5.28. The number of ketones is 1. The van der Waals surface area contributed by atoms with Gasteiger partial charge in [-0.1, -0.05) is 0 Å². The van der Waals surface area contributed by atoms with Crippen LogP contribution >= 0.6 is 0 Å². The molecule has 2 heterocycles. The Kier molecular flexibility index (Phi) is 5.76. The number of ether oxygens (including phenoxy) is 1. The molecule has 0 aliphatic carbocycles. The van der Waals surface area contributed by atoms with Gasteiger partial charge in [-0.15, -0.1) is 0 Å². The summed E-state index contributed by atoms with van der Waals surface area (Å²) in [5, 5.41) is 11.1. The van der Waals surface area contributed by atoms with E-state index in [2.05, 4.69) is 0 Å². The first-order valence-corrected chi connectivity index (χ1v) is 10.3. The number of aliphatic hydroxyl groups is 1. The number of aliphatic hydroxyl groups excluding tert-OH is 1. The van der Waals surface area contributed by atoms with Crippen LogP contribution in [0, 0.1) is 18.6 Å². The summed E-state index contributed by atoms with van der Waals surface area (Å²) in [5.74, 6) is -3.87. The molecule has 1 saturated heterocycles. The highest BCUT2D eigenvalue weighted by Gasteiger charge is 2.48. The van der Waals surface area contributed by atoms with E-state index in [1.807, 2.05) is 13.8 Å².